The molecule has 1 aromatic rings. The molecule has 2 heterocycles. The zero-order chi connectivity index (χ0) is 16.1. The third-order valence-corrected chi connectivity index (χ3v) is 4.71. The van der Waals surface area contributed by atoms with Gasteiger partial charge in [-0.3, -0.25) is 9.69 Å². The second-order valence-electron chi connectivity index (χ2n) is 6.20. The summed E-state index contributed by atoms with van der Waals surface area (Å²) in [4.78, 5) is 14.3. The maximum Gasteiger partial charge on any atom is 0.223 e. The van der Waals surface area contributed by atoms with E-state index in [1.54, 1.807) is 0 Å². The van der Waals surface area contributed by atoms with Crippen LogP contribution in [0.4, 0.5) is 0 Å². The minimum atomic E-state index is -0.308. The minimum absolute atomic E-state index is 0.104. The van der Waals surface area contributed by atoms with Crippen LogP contribution in [-0.2, 0) is 13.1 Å². The topological polar surface area (TPSA) is 65.7 Å². The van der Waals surface area contributed by atoms with Crippen molar-refractivity contribution in [3.8, 4) is 5.75 Å². The van der Waals surface area contributed by atoms with E-state index < -0.39 is 0 Å². The lowest BCUT2D eigenvalue weighted by Crippen LogP contribution is -2.39. The molecular formula is C17H28N2O3. The van der Waals surface area contributed by atoms with Crippen molar-refractivity contribution >= 4 is 0 Å². The molecule has 0 spiro atoms. The van der Waals surface area contributed by atoms with Crippen LogP contribution in [0.15, 0.2) is 10.9 Å². The Kier molecular flexibility index (Phi) is 6.03. The first-order chi connectivity index (χ1) is 10.6. The summed E-state index contributed by atoms with van der Waals surface area (Å²) < 4.78 is 1.98. The van der Waals surface area contributed by atoms with Gasteiger partial charge < -0.3 is 14.8 Å². The Bertz CT molecular complexity index is 554. The lowest BCUT2D eigenvalue weighted by molar-refractivity contribution is 0.130. The second-order valence-corrected chi connectivity index (χ2v) is 6.20. The quantitative estimate of drug-likeness (QED) is 0.844. The van der Waals surface area contributed by atoms with E-state index in [4.69, 9.17) is 5.11 Å². The summed E-state index contributed by atoms with van der Waals surface area (Å²) in [5, 5.41) is 19.4. The van der Waals surface area contributed by atoms with E-state index in [1.165, 1.54) is 25.3 Å². The van der Waals surface area contributed by atoms with E-state index in [0.29, 0.717) is 31.2 Å². The average molecular weight is 308 g/mol. The SMILES string of the molecule is CCC1CCCCN1Cc1c(O)c(=O)cc(C)n1CCCO. The van der Waals surface area contributed by atoms with Crippen LogP contribution < -0.4 is 5.43 Å². The Hall–Kier alpha value is -1.33. The molecule has 0 radical (unpaired) electrons. The van der Waals surface area contributed by atoms with Crippen molar-refractivity contribution in [1.82, 2.24) is 9.47 Å². The molecule has 0 bridgehead atoms. The fraction of sp³-hybridized carbons (Fsp3) is 0.706. The number of aliphatic hydroxyl groups excluding tert-OH is 1. The Morgan fingerprint density at radius 3 is 2.82 bits per heavy atom. The van der Waals surface area contributed by atoms with Crippen LogP contribution in [0.25, 0.3) is 0 Å². The molecule has 1 saturated heterocycles. The predicted molar refractivity (Wildman–Crippen MR) is 87.1 cm³/mol. The summed E-state index contributed by atoms with van der Waals surface area (Å²) in [6.07, 6.45) is 5.32. The summed E-state index contributed by atoms with van der Waals surface area (Å²) in [5.74, 6) is -0.135. The van der Waals surface area contributed by atoms with Crippen molar-refractivity contribution in [3.05, 3.63) is 27.7 Å². The number of hydrogen-bond donors (Lipinski definition) is 2. The van der Waals surface area contributed by atoms with Gasteiger partial charge in [-0.05, 0) is 39.2 Å². The largest absolute Gasteiger partial charge is 0.503 e. The van der Waals surface area contributed by atoms with Crippen molar-refractivity contribution in [2.45, 2.75) is 65.1 Å². The van der Waals surface area contributed by atoms with Gasteiger partial charge in [-0.25, -0.2) is 0 Å². The van der Waals surface area contributed by atoms with E-state index >= 15 is 0 Å². The van der Waals surface area contributed by atoms with E-state index in [9.17, 15) is 9.90 Å². The fourth-order valence-corrected chi connectivity index (χ4v) is 3.44. The van der Waals surface area contributed by atoms with Crippen LogP contribution in [0.3, 0.4) is 0 Å². The molecule has 1 aliphatic heterocycles. The molecule has 22 heavy (non-hydrogen) atoms. The number of aryl methyl sites for hydroxylation is 1. The Morgan fingerprint density at radius 2 is 2.14 bits per heavy atom. The van der Waals surface area contributed by atoms with Crippen molar-refractivity contribution in [3.63, 3.8) is 0 Å². The summed E-state index contributed by atoms with van der Waals surface area (Å²) in [6.45, 7) is 6.42. The summed E-state index contributed by atoms with van der Waals surface area (Å²) >= 11 is 0. The number of hydrogen-bond acceptors (Lipinski definition) is 4. The number of aromatic nitrogens is 1. The van der Waals surface area contributed by atoms with Crippen molar-refractivity contribution in [2.24, 2.45) is 0 Å². The minimum Gasteiger partial charge on any atom is -0.503 e. The highest BCUT2D eigenvalue weighted by atomic mass is 16.3. The van der Waals surface area contributed by atoms with Crippen molar-refractivity contribution < 1.29 is 10.2 Å². The van der Waals surface area contributed by atoms with Crippen molar-refractivity contribution in [1.29, 1.82) is 0 Å². The summed E-state index contributed by atoms with van der Waals surface area (Å²) in [7, 11) is 0. The first kappa shape index (κ1) is 17.0. The van der Waals surface area contributed by atoms with Crippen LogP contribution in [0.1, 0.15) is 50.4 Å². The molecular weight excluding hydrogens is 280 g/mol. The lowest BCUT2D eigenvalue weighted by atomic mass is 9.99. The number of likely N-dealkylation sites (tertiary alicyclic amines) is 1. The molecule has 2 N–H and O–H groups in total. The Morgan fingerprint density at radius 1 is 1.36 bits per heavy atom. The monoisotopic (exact) mass is 308 g/mol. The zero-order valence-electron chi connectivity index (χ0n) is 13.7. The predicted octanol–water partition coefficient (Wildman–Crippen LogP) is 2.01. The number of rotatable bonds is 6. The lowest BCUT2D eigenvalue weighted by Gasteiger charge is -2.36. The van der Waals surface area contributed by atoms with E-state index in [1.807, 2.05) is 11.5 Å². The van der Waals surface area contributed by atoms with Gasteiger partial charge in [0.15, 0.2) is 5.75 Å². The number of aromatic hydroxyl groups is 1. The standard InChI is InChI=1S/C17H28N2O3/c1-3-14-7-4-5-8-18(14)12-15-17(22)16(21)11-13(2)19(15)9-6-10-20/h11,14,20,22H,3-10,12H2,1-2H3. The number of nitrogens with zero attached hydrogens (tertiary/aromatic N) is 2. The molecule has 0 aromatic carbocycles. The van der Waals surface area contributed by atoms with Gasteiger partial charge in [0.05, 0.1) is 5.69 Å². The molecule has 1 unspecified atom stereocenters. The van der Waals surface area contributed by atoms with E-state index in [2.05, 4.69) is 11.8 Å². The average Bonchev–Trinajstić information content (AvgIpc) is 2.52. The number of pyridine rings is 1. The molecule has 1 fully saturated rings. The highest BCUT2D eigenvalue weighted by Gasteiger charge is 2.24. The third-order valence-electron chi connectivity index (χ3n) is 4.71. The number of aliphatic hydroxyl groups is 1. The molecule has 1 atom stereocenters. The van der Waals surface area contributed by atoms with Gasteiger partial charge >= 0.3 is 0 Å². The van der Waals surface area contributed by atoms with Gasteiger partial charge in [-0.2, -0.15) is 0 Å². The first-order valence-electron chi connectivity index (χ1n) is 8.35. The highest BCUT2D eigenvalue weighted by molar-refractivity contribution is 5.30. The Labute approximate surface area is 132 Å². The summed E-state index contributed by atoms with van der Waals surface area (Å²) in [5.41, 5.74) is 1.23. The highest BCUT2D eigenvalue weighted by Crippen LogP contribution is 2.24. The molecule has 0 amide bonds. The molecule has 0 aliphatic carbocycles. The van der Waals surface area contributed by atoms with Gasteiger partial charge in [0.1, 0.15) is 0 Å². The van der Waals surface area contributed by atoms with Crippen LogP contribution in [0.5, 0.6) is 5.75 Å². The van der Waals surface area contributed by atoms with Gasteiger partial charge in [-0.1, -0.05) is 13.3 Å². The molecule has 1 aliphatic rings. The molecule has 0 saturated carbocycles. The van der Waals surface area contributed by atoms with Crippen LogP contribution >= 0.6 is 0 Å². The van der Waals surface area contributed by atoms with E-state index in [-0.39, 0.29) is 17.8 Å². The molecule has 2 rings (SSSR count). The zero-order valence-corrected chi connectivity index (χ0v) is 13.7. The van der Waals surface area contributed by atoms with Crippen LogP contribution in [0.2, 0.25) is 0 Å². The van der Waals surface area contributed by atoms with Crippen LogP contribution in [-0.4, -0.2) is 38.9 Å². The normalized spacial score (nSPS) is 19.5. The van der Waals surface area contributed by atoms with Crippen LogP contribution in [0, 0.1) is 6.92 Å². The van der Waals surface area contributed by atoms with Gasteiger partial charge in [0, 0.05) is 37.5 Å². The second kappa shape index (κ2) is 7.79. The maximum atomic E-state index is 11.9. The number of piperidine rings is 1. The van der Waals surface area contributed by atoms with Crippen molar-refractivity contribution in [2.75, 3.05) is 13.2 Å². The van der Waals surface area contributed by atoms with E-state index in [0.717, 1.165) is 18.7 Å². The van der Waals surface area contributed by atoms with Gasteiger partial charge in [0.25, 0.3) is 0 Å². The first-order valence-corrected chi connectivity index (χ1v) is 8.35. The molecule has 5 heteroatoms. The maximum absolute atomic E-state index is 11.9. The van der Waals surface area contributed by atoms with Gasteiger partial charge in [0.2, 0.25) is 5.43 Å². The Balaban J connectivity index is 2.33. The molecule has 5 nitrogen and oxygen atoms in total. The summed E-state index contributed by atoms with van der Waals surface area (Å²) in [6, 6.07) is 2.00. The molecule has 1 aromatic heterocycles. The smallest absolute Gasteiger partial charge is 0.223 e. The van der Waals surface area contributed by atoms with Gasteiger partial charge in [-0.15, -0.1) is 0 Å². The molecule has 124 valence electrons. The fourth-order valence-electron chi connectivity index (χ4n) is 3.44. The third kappa shape index (κ3) is 3.70.